The van der Waals surface area contributed by atoms with Gasteiger partial charge in [0.2, 0.25) is 5.91 Å². The number of carbonyl (C=O) groups is 2. The first-order valence-electron chi connectivity index (χ1n) is 6.67. The number of aryl methyl sites for hydroxylation is 1. The van der Waals surface area contributed by atoms with Gasteiger partial charge in [-0.3, -0.25) is 9.59 Å². The fourth-order valence-electron chi connectivity index (χ4n) is 2.64. The molecule has 5 nitrogen and oxygen atoms in total. The summed E-state index contributed by atoms with van der Waals surface area (Å²) in [5.74, 6) is -1.91. The molecule has 0 saturated heterocycles. The van der Waals surface area contributed by atoms with E-state index in [0.29, 0.717) is 6.54 Å². The lowest BCUT2D eigenvalue weighted by atomic mass is 10.1. The minimum absolute atomic E-state index is 0.141. The van der Waals surface area contributed by atoms with Crippen LogP contribution in [0.4, 0.5) is 0 Å². The van der Waals surface area contributed by atoms with E-state index in [1.807, 2.05) is 33.1 Å². The Morgan fingerprint density at radius 3 is 2.60 bits per heavy atom. The van der Waals surface area contributed by atoms with Crippen LogP contribution in [0.5, 0.6) is 0 Å². The van der Waals surface area contributed by atoms with Crippen LogP contribution < -0.4 is 5.32 Å². The number of carboxylic acids is 1. The third-order valence-electron chi connectivity index (χ3n) is 4.02. The number of carbonyl (C=O) groups excluding carboxylic acids is 1. The van der Waals surface area contributed by atoms with Gasteiger partial charge in [0, 0.05) is 23.5 Å². The van der Waals surface area contributed by atoms with Crippen LogP contribution in [0.2, 0.25) is 0 Å². The fourth-order valence-corrected chi connectivity index (χ4v) is 3.49. The largest absolute Gasteiger partial charge is 0.481 e. The van der Waals surface area contributed by atoms with E-state index in [0.717, 1.165) is 10.7 Å². The van der Waals surface area contributed by atoms with Crippen LogP contribution in [-0.2, 0) is 9.59 Å². The summed E-state index contributed by atoms with van der Waals surface area (Å²) in [7, 11) is 0. The van der Waals surface area contributed by atoms with Crippen molar-refractivity contribution in [1.29, 1.82) is 0 Å². The number of amides is 1. The average Bonchev–Trinajstić information content (AvgIpc) is 2.69. The molecule has 1 aromatic rings. The molecule has 0 bridgehead atoms. The van der Waals surface area contributed by atoms with Gasteiger partial charge in [0.05, 0.1) is 16.8 Å². The molecule has 1 fully saturated rings. The molecule has 1 heterocycles. The Labute approximate surface area is 122 Å². The smallest absolute Gasteiger partial charge is 0.307 e. The zero-order valence-electron chi connectivity index (χ0n) is 12.1. The van der Waals surface area contributed by atoms with Gasteiger partial charge in [0.1, 0.15) is 0 Å². The van der Waals surface area contributed by atoms with E-state index < -0.39 is 23.2 Å². The predicted octanol–water partition coefficient (Wildman–Crippen LogP) is 2.03. The highest BCUT2D eigenvalue weighted by Gasteiger charge is 2.65. The second kappa shape index (κ2) is 5.16. The Kier molecular flexibility index (Phi) is 3.86. The lowest BCUT2D eigenvalue weighted by molar-refractivity contribution is -0.140. The Bertz CT molecular complexity index is 538. The molecule has 110 valence electrons. The third kappa shape index (κ3) is 2.70. The summed E-state index contributed by atoms with van der Waals surface area (Å²) < 4.78 is 0. The van der Waals surface area contributed by atoms with E-state index >= 15 is 0 Å². The van der Waals surface area contributed by atoms with Crippen LogP contribution in [0.3, 0.4) is 0 Å². The molecule has 1 saturated carbocycles. The molecule has 2 N–H and O–H groups in total. The molecule has 0 spiro atoms. The zero-order chi connectivity index (χ0) is 15.1. The molecule has 1 aliphatic rings. The van der Waals surface area contributed by atoms with Crippen molar-refractivity contribution in [2.75, 3.05) is 6.54 Å². The maximum absolute atomic E-state index is 12.1. The van der Waals surface area contributed by atoms with E-state index in [1.165, 1.54) is 0 Å². The van der Waals surface area contributed by atoms with Crippen LogP contribution in [-0.4, -0.2) is 28.5 Å². The molecule has 1 aromatic heterocycles. The van der Waals surface area contributed by atoms with E-state index in [2.05, 4.69) is 10.3 Å². The minimum Gasteiger partial charge on any atom is -0.481 e. The maximum atomic E-state index is 12.1. The first-order valence-corrected chi connectivity index (χ1v) is 7.55. The van der Waals surface area contributed by atoms with Gasteiger partial charge >= 0.3 is 5.97 Å². The Hall–Kier alpha value is -1.43. The summed E-state index contributed by atoms with van der Waals surface area (Å²) in [6.45, 7) is 8.08. The van der Waals surface area contributed by atoms with E-state index in [-0.39, 0.29) is 11.8 Å². The number of hydrogen-bond donors (Lipinski definition) is 2. The second-order valence-corrected chi connectivity index (χ2v) is 6.98. The number of thiazole rings is 1. The van der Waals surface area contributed by atoms with Gasteiger partial charge in [-0.05, 0) is 12.3 Å². The molecule has 20 heavy (non-hydrogen) atoms. The first-order chi connectivity index (χ1) is 9.25. The van der Waals surface area contributed by atoms with Crippen LogP contribution in [0.25, 0.3) is 0 Å². The monoisotopic (exact) mass is 296 g/mol. The highest BCUT2D eigenvalue weighted by atomic mass is 32.1. The predicted molar refractivity (Wildman–Crippen MR) is 76.7 cm³/mol. The summed E-state index contributed by atoms with van der Waals surface area (Å²) in [5.41, 5.74) is 0.536. The zero-order valence-corrected chi connectivity index (χ0v) is 13.0. The number of nitrogens with one attached hydrogen (secondary N) is 1. The molecule has 3 atom stereocenters. The topological polar surface area (TPSA) is 79.3 Å². The van der Waals surface area contributed by atoms with Gasteiger partial charge in [-0.15, -0.1) is 11.3 Å². The van der Waals surface area contributed by atoms with Gasteiger partial charge in [-0.1, -0.05) is 20.8 Å². The van der Waals surface area contributed by atoms with Crippen LogP contribution in [0, 0.1) is 24.2 Å². The Balaban J connectivity index is 1.89. The number of aromatic nitrogens is 1. The summed E-state index contributed by atoms with van der Waals surface area (Å²) in [6.07, 6.45) is 0. The Morgan fingerprint density at radius 1 is 1.50 bits per heavy atom. The normalized spacial score (nSPS) is 25.0. The highest BCUT2D eigenvalue weighted by molar-refractivity contribution is 7.09. The van der Waals surface area contributed by atoms with E-state index in [4.69, 9.17) is 5.11 Å². The van der Waals surface area contributed by atoms with Crippen molar-refractivity contribution in [1.82, 2.24) is 10.3 Å². The highest BCUT2D eigenvalue weighted by Crippen LogP contribution is 2.58. The third-order valence-corrected chi connectivity index (χ3v) is 5.21. The van der Waals surface area contributed by atoms with Crippen molar-refractivity contribution in [3.8, 4) is 0 Å². The molecule has 1 unspecified atom stereocenters. The van der Waals surface area contributed by atoms with Crippen molar-refractivity contribution >= 4 is 23.2 Å². The number of rotatable bonds is 5. The molecule has 0 radical (unpaired) electrons. The van der Waals surface area contributed by atoms with Gasteiger partial charge < -0.3 is 10.4 Å². The first kappa shape index (κ1) is 15.0. The lowest BCUT2D eigenvalue weighted by Crippen LogP contribution is -2.30. The number of aliphatic carboxylic acids is 1. The Morgan fingerprint density at radius 2 is 2.15 bits per heavy atom. The van der Waals surface area contributed by atoms with Gasteiger partial charge in [0.15, 0.2) is 0 Å². The maximum Gasteiger partial charge on any atom is 0.307 e. The number of carboxylic acid groups (broad SMARTS) is 1. The molecular formula is C14H20N2O3S. The summed E-state index contributed by atoms with van der Waals surface area (Å²) in [5, 5.41) is 14.9. The van der Waals surface area contributed by atoms with Crippen molar-refractivity contribution in [2.24, 2.45) is 17.3 Å². The fraction of sp³-hybridized carbons (Fsp3) is 0.643. The average molecular weight is 296 g/mol. The number of hydrogen-bond acceptors (Lipinski definition) is 4. The molecule has 1 aliphatic carbocycles. The van der Waals surface area contributed by atoms with Crippen molar-refractivity contribution in [2.45, 2.75) is 33.6 Å². The van der Waals surface area contributed by atoms with Gasteiger partial charge in [0.25, 0.3) is 0 Å². The quantitative estimate of drug-likeness (QED) is 0.871. The molecule has 6 heteroatoms. The molecule has 0 aromatic carbocycles. The summed E-state index contributed by atoms with van der Waals surface area (Å²) in [6, 6.07) is 0. The van der Waals surface area contributed by atoms with E-state index in [1.54, 1.807) is 11.3 Å². The van der Waals surface area contributed by atoms with Crippen molar-refractivity contribution < 1.29 is 14.7 Å². The minimum atomic E-state index is -0.890. The molecule has 1 amide bonds. The summed E-state index contributed by atoms with van der Waals surface area (Å²) >= 11 is 1.58. The van der Waals surface area contributed by atoms with Crippen molar-refractivity contribution in [3.63, 3.8) is 0 Å². The standard InChI is InChI=1S/C14H20N2O3S/c1-7(12-16-8(2)6-20-12)5-15-11(17)9-10(13(18)19)14(9,3)4/h6-7,9-10H,5H2,1-4H3,(H,15,17)(H,18,19)/t7?,9-,10+/m0/s1. The molecule has 2 rings (SSSR count). The van der Waals surface area contributed by atoms with Crippen LogP contribution >= 0.6 is 11.3 Å². The second-order valence-electron chi connectivity index (χ2n) is 6.09. The van der Waals surface area contributed by atoms with Gasteiger partial charge in [-0.2, -0.15) is 0 Å². The van der Waals surface area contributed by atoms with Crippen molar-refractivity contribution in [3.05, 3.63) is 16.1 Å². The van der Waals surface area contributed by atoms with E-state index in [9.17, 15) is 9.59 Å². The SMILES string of the molecule is Cc1csc(C(C)CNC(=O)[C@@H]2[C@H](C(=O)O)C2(C)C)n1. The summed E-state index contributed by atoms with van der Waals surface area (Å²) in [4.78, 5) is 27.5. The van der Waals surface area contributed by atoms with Gasteiger partial charge in [-0.25, -0.2) is 4.98 Å². The molecule has 0 aliphatic heterocycles. The van der Waals surface area contributed by atoms with Crippen LogP contribution in [0.15, 0.2) is 5.38 Å². The lowest BCUT2D eigenvalue weighted by Gasteiger charge is -2.10. The van der Waals surface area contributed by atoms with Crippen LogP contribution in [0.1, 0.15) is 37.4 Å². The molecular weight excluding hydrogens is 276 g/mol. The number of nitrogens with zero attached hydrogens (tertiary/aromatic N) is 1.